The minimum Gasteiger partial charge on any atom is -0.473 e. The third-order valence-electron chi connectivity index (χ3n) is 10.4. The van der Waals surface area contributed by atoms with Crippen LogP contribution in [-0.2, 0) is 31.0 Å². The number of alkyl halides is 1. The van der Waals surface area contributed by atoms with Gasteiger partial charge >= 0.3 is 0 Å². The van der Waals surface area contributed by atoms with Crippen molar-refractivity contribution in [3.63, 3.8) is 0 Å². The molecule has 8 rings (SSSR count). The number of anilines is 3. The van der Waals surface area contributed by atoms with Crippen LogP contribution in [-0.4, -0.2) is 72.2 Å². The van der Waals surface area contributed by atoms with Gasteiger partial charge in [0.25, 0.3) is 0 Å². The average molecular weight is 698 g/mol. The summed E-state index contributed by atoms with van der Waals surface area (Å²) in [4.78, 5) is 27.3. The van der Waals surface area contributed by atoms with Crippen molar-refractivity contribution in [1.82, 2.24) is 14.8 Å². The Kier molecular flexibility index (Phi) is 10.1. The lowest BCUT2D eigenvalue weighted by Gasteiger charge is -2.45. The molecule has 0 N–H and O–H groups in total. The number of piperazine rings is 1. The molecule has 0 saturated carbocycles. The lowest BCUT2D eigenvalue weighted by Crippen LogP contribution is -2.57. The highest BCUT2D eigenvalue weighted by Gasteiger charge is 2.38. The standard InChI is InChI=1S/C43H44FN5O3/c44-36-29-48(22-21-39(36)47-25-23-46(24-26-47)28-32-11-4-1-5-12-32)37-17-10-18-38-35(37)27-42(50)49(38)40-19-20-41(51-30-33-13-6-2-7-14-33)45-43(40)52-31-34-15-8-3-9-16-34/h1-20,36,39H,21-31H2/t36-,39+/m0/s1. The minimum absolute atomic E-state index is 0.0770. The summed E-state index contributed by atoms with van der Waals surface area (Å²) in [5.41, 5.74) is 6.49. The highest BCUT2D eigenvalue weighted by molar-refractivity contribution is 6.09. The second-order valence-corrected chi connectivity index (χ2v) is 13.8. The van der Waals surface area contributed by atoms with Gasteiger partial charge in [0.1, 0.15) is 25.1 Å². The molecule has 5 aromatic rings. The van der Waals surface area contributed by atoms with Gasteiger partial charge < -0.3 is 14.4 Å². The SMILES string of the molecule is O=C1Cc2c(N3CC[C@@H](N4CCN(Cc5ccccc5)CC4)[C@@H](F)C3)cccc2N1c1ccc(OCc2ccccc2)nc1OCc1ccccc1. The third-order valence-corrected chi connectivity index (χ3v) is 10.4. The molecule has 4 aromatic carbocycles. The summed E-state index contributed by atoms with van der Waals surface area (Å²) < 4.78 is 28.4. The van der Waals surface area contributed by atoms with Gasteiger partial charge in [0.2, 0.25) is 17.7 Å². The maximum atomic E-state index is 16.1. The predicted octanol–water partition coefficient (Wildman–Crippen LogP) is 7.20. The molecule has 0 aliphatic carbocycles. The topological polar surface area (TPSA) is 61.4 Å². The number of aromatic nitrogens is 1. The smallest absolute Gasteiger partial charge is 0.242 e. The van der Waals surface area contributed by atoms with Gasteiger partial charge in [0, 0.05) is 62.6 Å². The van der Waals surface area contributed by atoms with Crippen LogP contribution in [0.1, 0.15) is 28.7 Å². The van der Waals surface area contributed by atoms with Gasteiger partial charge in [-0.1, -0.05) is 97.1 Å². The van der Waals surface area contributed by atoms with E-state index in [2.05, 4.69) is 39.0 Å². The van der Waals surface area contributed by atoms with E-state index in [1.165, 1.54) is 5.56 Å². The van der Waals surface area contributed by atoms with E-state index in [-0.39, 0.29) is 25.0 Å². The molecule has 2 saturated heterocycles. The molecule has 0 bridgehead atoms. The second-order valence-electron chi connectivity index (χ2n) is 13.8. The van der Waals surface area contributed by atoms with Crippen molar-refractivity contribution in [3.05, 3.63) is 144 Å². The van der Waals surface area contributed by atoms with Crippen LogP contribution in [0.5, 0.6) is 11.8 Å². The van der Waals surface area contributed by atoms with E-state index in [0.29, 0.717) is 30.6 Å². The van der Waals surface area contributed by atoms with Gasteiger partial charge in [-0.15, -0.1) is 0 Å². The van der Waals surface area contributed by atoms with E-state index in [1.54, 1.807) is 11.0 Å². The van der Waals surface area contributed by atoms with Crippen LogP contribution in [0, 0.1) is 0 Å². The van der Waals surface area contributed by atoms with Crippen molar-refractivity contribution in [3.8, 4) is 11.8 Å². The van der Waals surface area contributed by atoms with E-state index in [1.807, 2.05) is 91.0 Å². The summed E-state index contributed by atoms with van der Waals surface area (Å²) >= 11 is 0. The van der Waals surface area contributed by atoms with Crippen LogP contribution in [0.4, 0.5) is 21.5 Å². The molecule has 52 heavy (non-hydrogen) atoms. The lowest BCUT2D eigenvalue weighted by molar-refractivity contribution is -0.116. The van der Waals surface area contributed by atoms with Gasteiger partial charge in [-0.05, 0) is 41.3 Å². The molecule has 1 aromatic heterocycles. The predicted molar refractivity (Wildman–Crippen MR) is 202 cm³/mol. The van der Waals surface area contributed by atoms with Crippen molar-refractivity contribution in [2.75, 3.05) is 49.1 Å². The summed E-state index contributed by atoms with van der Waals surface area (Å²) in [6.45, 7) is 6.26. The number of ether oxygens (including phenoxy) is 2. The molecular weight excluding hydrogens is 654 g/mol. The normalized spacial score (nSPS) is 19.4. The molecule has 0 radical (unpaired) electrons. The van der Waals surface area contributed by atoms with Crippen molar-refractivity contribution in [2.45, 2.75) is 44.8 Å². The van der Waals surface area contributed by atoms with Crippen molar-refractivity contribution in [2.24, 2.45) is 0 Å². The van der Waals surface area contributed by atoms with E-state index < -0.39 is 6.17 Å². The number of hydrogen-bond acceptors (Lipinski definition) is 7. The first-order valence-corrected chi connectivity index (χ1v) is 18.3. The number of carbonyl (C=O) groups excluding carboxylic acids is 1. The fourth-order valence-electron chi connectivity index (χ4n) is 7.73. The van der Waals surface area contributed by atoms with E-state index in [9.17, 15) is 4.79 Å². The molecule has 8 nitrogen and oxygen atoms in total. The molecule has 4 heterocycles. The Morgan fingerprint density at radius 1 is 0.654 bits per heavy atom. The number of amides is 1. The van der Waals surface area contributed by atoms with Gasteiger partial charge in [0.05, 0.1) is 18.7 Å². The molecular formula is C43H44FN5O3. The Hall–Kier alpha value is -5.25. The van der Waals surface area contributed by atoms with Crippen molar-refractivity contribution >= 4 is 23.0 Å². The number of benzene rings is 4. The monoisotopic (exact) mass is 697 g/mol. The Balaban J connectivity index is 0.976. The van der Waals surface area contributed by atoms with Crippen LogP contribution in [0.2, 0.25) is 0 Å². The fourth-order valence-corrected chi connectivity index (χ4v) is 7.73. The molecule has 2 atom stereocenters. The average Bonchev–Trinajstić information content (AvgIpc) is 3.53. The number of piperidine rings is 1. The number of nitrogens with zero attached hydrogens (tertiary/aromatic N) is 5. The maximum absolute atomic E-state index is 16.1. The van der Waals surface area contributed by atoms with Crippen LogP contribution in [0.3, 0.4) is 0 Å². The summed E-state index contributed by atoms with van der Waals surface area (Å²) in [6, 6.07) is 39.8. The minimum atomic E-state index is -0.982. The van der Waals surface area contributed by atoms with E-state index in [0.717, 1.165) is 73.8 Å². The highest BCUT2D eigenvalue weighted by atomic mass is 19.1. The van der Waals surface area contributed by atoms with E-state index in [4.69, 9.17) is 14.5 Å². The molecule has 3 aliphatic heterocycles. The zero-order valence-electron chi connectivity index (χ0n) is 29.3. The number of rotatable bonds is 11. The number of halogens is 1. The molecule has 2 fully saturated rings. The van der Waals surface area contributed by atoms with Crippen LogP contribution < -0.4 is 19.3 Å². The van der Waals surface area contributed by atoms with E-state index >= 15 is 4.39 Å². The lowest BCUT2D eigenvalue weighted by atomic mass is 9.98. The van der Waals surface area contributed by atoms with Gasteiger partial charge in [0.15, 0.2) is 0 Å². The number of pyridine rings is 1. The number of carbonyl (C=O) groups is 1. The Labute approximate surface area is 305 Å². The quantitative estimate of drug-likeness (QED) is 0.145. The number of fused-ring (bicyclic) bond motifs is 1. The van der Waals surface area contributed by atoms with Gasteiger partial charge in [-0.2, -0.15) is 4.98 Å². The Morgan fingerprint density at radius 3 is 1.96 bits per heavy atom. The zero-order valence-corrected chi connectivity index (χ0v) is 29.3. The fraction of sp³-hybridized carbons (Fsp3) is 0.302. The maximum Gasteiger partial charge on any atom is 0.242 e. The molecule has 266 valence electrons. The molecule has 0 spiro atoms. The molecule has 0 unspecified atom stereocenters. The number of hydrogen-bond donors (Lipinski definition) is 0. The Morgan fingerprint density at radius 2 is 1.29 bits per heavy atom. The second kappa shape index (κ2) is 15.6. The molecule has 3 aliphatic rings. The third kappa shape index (κ3) is 7.52. The summed E-state index contributed by atoms with van der Waals surface area (Å²) in [5, 5.41) is 0. The van der Waals surface area contributed by atoms with Crippen LogP contribution in [0.25, 0.3) is 0 Å². The summed E-state index contributed by atoms with van der Waals surface area (Å²) in [6.07, 6.45) is -0.0208. The summed E-state index contributed by atoms with van der Waals surface area (Å²) in [7, 11) is 0. The highest BCUT2D eigenvalue weighted by Crippen LogP contribution is 2.44. The van der Waals surface area contributed by atoms with Gasteiger partial charge in [-0.25, -0.2) is 4.39 Å². The van der Waals surface area contributed by atoms with Crippen molar-refractivity contribution in [1.29, 1.82) is 0 Å². The van der Waals surface area contributed by atoms with Crippen LogP contribution >= 0.6 is 0 Å². The molecule has 1 amide bonds. The first-order chi connectivity index (χ1) is 25.6. The Bertz CT molecular complexity index is 1960. The van der Waals surface area contributed by atoms with Crippen molar-refractivity contribution < 1.29 is 18.7 Å². The zero-order chi connectivity index (χ0) is 35.3. The van der Waals surface area contributed by atoms with Gasteiger partial charge in [-0.3, -0.25) is 19.5 Å². The first-order valence-electron chi connectivity index (χ1n) is 18.3. The largest absolute Gasteiger partial charge is 0.473 e. The summed E-state index contributed by atoms with van der Waals surface area (Å²) in [5.74, 6) is 0.645. The van der Waals surface area contributed by atoms with Crippen LogP contribution in [0.15, 0.2) is 121 Å². The first kappa shape index (κ1) is 33.9. The molecule has 9 heteroatoms.